The number of ether oxygens (including phenoxy) is 1. The molecule has 1 saturated heterocycles. The molecule has 3 aromatic carbocycles. The maximum atomic E-state index is 13.3. The van der Waals surface area contributed by atoms with Gasteiger partial charge in [0.25, 0.3) is 17.7 Å². The molecular weight excluding hydrogens is 517 g/mol. The Kier molecular flexibility index (Phi) is 7.61. The minimum Gasteiger partial charge on any atom is -0.483 e. The Labute approximate surface area is 222 Å². The second kappa shape index (κ2) is 10.9. The normalized spacial score (nSPS) is 14.5. The molecule has 0 spiro atoms. The third-order valence-corrected chi connectivity index (χ3v) is 6.28. The summed E-state index contributed by atoms with van der Waals surface area (Å²) in [6.45, 7) is 3.19. The minimum atomic E-state index is -0.895. The van der Waals surface area contributed by atoms with Crippen molar-refractivity contribution in [2.24, 2.45) is 0 Å². The molecule has 0 saturated carbocycles. The summed E-state index contributed by atoms with van der Waals surface area (Å²) in [6, 6.07) is 15.7. The fourth-order valence-corrected chi connectivity index (χ4v) is 4.03. The lowest BCUT2D eigenvalue weighted by Gasteiger charge is -2.27. The van der Waals surface area contributed by atoms with Crippen LogP contribution < -0.4 is 20.3 Å². The zero-order valence-corrected chi connectivity index (χ0v) is 21.3. The smallest absolute Gasteiger partial charge is 0.335 e. The number of urea groups is 1. The van der Waals surface area contributed by atoms with Gasteiger partial charge in [0.05, 0.1) is 5.69 Å². The predicted molar refractivity (Wildman–Crippen MR) is 142 cm³/mol. The van der Waals surface area contributed by atoms with Gasteiger partial charge in [0.15, 0.2) is 6.61 Å². The quantitative estimate of drug-likeness (QED) is 0.328. The monoisotopic (exact) mass is 537 g/mol. The Hall–Kier alpha value is -4.14. The predicted octanol–water partition coefficient (Wildman–Crippen LogP) is 5.29. The molecule has 1 fully saturated rings. The van der Waals surface area contributed by atoms with Crippen molar-refractivity contribution in [3.8, 4) is 5.75 Å². The Morgan fingerprint density at radius 1 is 1.03 bits per heavy atom. The fraction of sp³-hybridized carbons (Fsp3) is 0.111. The van der Waals surface area contributed by atoms with E-state index in [1.54, 1.807) is 43.3 Å². The summed E-state index contributed by atoms with van der Waals surface area (Å²) in [6.07, 6.45) is 1.26. The van der Waals surface area contributed by atoms with E-state index in [-0.39, 0.29) is 29.2 Å². The zero-order chi connectivity index (χ0) is 26.7. The SMILES string of the molecule is Cc1ccccc1NC(=O)COc1ccc(Cl)cc1/C=C1/C(=O)NC(=O)N(c2cccc(Cl)c2C)C1=O. The summed E-state index contributed by atoms with van der Waals surface area (Å²) in [5.41, 5.74) is 2.22. The van der Waals surface area contributed by atoms with Crippen LogP contribution >= 0.6 is 23.2 Å². The van der Waals surface area contributed by atoms with Gasteiger partial charge in [0.2, 0.25) is 0 Å². The Bertz CT molecular complexity index is 1470. The molecule has 188 valence electrons. The molecule has 0 aliphatic carbocycles. The number of rotatable bonds is 6. The topological polar surface area (TPSA) is 105 Å². The van der Waals surface area contributed by atoms with Gasteiger partial charge in [-0.1, -0.05) is 47.5 Å². The number of carbonyl (C=O) groups excluding carboxylic acids is 4. The second-order valence-electron chi connectivity index (χ2n) is 8.18. The van der Waals surface area contributed by atoms with Crippen LogP contribution in [0.4, 0.5) is 16.2 Å². The highest BCUT2D eigenvalue weighted by molar-refractivity contribution is 6.40. The highest BCUT2D eigenvalue weighted by atomic mass is 35.5. The van der Waals surface area contributed by atoms with Gasteiger partial charge in [-0.2, -0.15) is 0 Å². The average molecular weight is 538 g/mol. The van der Waals surface area contributed by atoms with Crippen molar-refractivity contribution in [1.82, 2.24) is 5.32 Å². The lowest BCUT2D eigenvalue weighted by atomic mass is 10.0. The third-order valence-electron chi connectivity index (χ3n) is 5.63. The van der Waals surface area contributed by atoms with Crippen LogP contribution in [0.5, 0.6) is 5.75 Å². The van der Waals surface area contributed by atoms with E-state index in [2.05, 4.69) is 10.6 Å². The molecule has 2 N–H and O–H groups in total. The number of hydrogen-bond acceptors (Lipinski definition) is 5. The van der Waals surface area contributed by atoms with Gasteiger partial charge in [-0.25, -0.2) is 9.69 Å². The summed E-state index contributed by atoms with van der Waals surface area (Å²) in [7, 11) is 0. The zero-order valence-electron chi connectivity index (χ0n) is 19.8. The van der Waals surface area contributed by atoms with Gasteiger partial charge in [-0.05, 0) is 67.4 Å². The number of anilines is 2. The first-order chi connectivity index (χ1) is 17.7. The molecule has 5 amide bonds. The standard InChI is InChI=1S/C27H21Cl2N3O5/c1-15-6-3-4-8-21(15)30-24(33)14-37-23-11-10-18(28)12-17(23)13-19-25(34)31-27(36)32(26(19)35)22-9-5-7-20(29)16(22)2/h3-13H,14H2,1-2H3,(H,30,33)(H,31,34,36)/b19-13-. The summed E-state index contributed by atoms with van der Waals surface area (Å²) in [4.78, 5) is 51.8. The van der Waals surface area contributed by atoms with E-state index in [1.807, 2.05) is 19.1 Å². The number of aryl methyl sites for hydroxylation is 1. The van der Waals surface area contributed by atoms with Crippen LogP contribution in [0.1, 0.15) is 16.7 Å². The molecule has 0 atom stereocenters. The van der Waals surface area contributed by atoms with E-state index in [0.717, 1.165) is 10.5 Å². The number of halogens is 2. The first-order valence-corrected chi connectivity index (χ1v) is 11.9. The lowest BCUT2D eigenvalue weighted by molar-refractivity contribution is -0.122. The Morgan fingerprint density at radius 2 is 1.78 bits per heavy atom. The van der Waals surface area contributed by atoms with Crippen molar-refractivity contribution in [2.75, 3.05) is 16.8 Å². The number of hydrogen-bond donors (Lipinski definition) is 2. The van der Waals surface area contributed by atoms with E-state index in [1.165, 1.54) is 18.2 Å². The van der Waals surface area contributed by atoms with Gasteiger partial charge in [0.1, 0.15) is 11.3 Å². The Balaban J connectivity index is 1.61. The molecule has 8 nitrogen and oxygen atoms in total. The maximum Gasteiger partial charge on any atom is 0.335 e. The number of imide groups is 2. The number of benzene rings is 3. The van der Waals surface area contributed by atoms with Gasteiger partial charge in [-0.15, -0.1) is 0 Å². The van der Waals surface area contributed by atoms with Crippen molar-refractivity contribution < 1.29 is 23.9 Å². The van der Waals surface area contributed by atoms with Crippen LogP contribution in [-0.2, 0) is 14.4 Å². The number of barbiturate groups is 1. The van der Waals surface area contributed by atoms with Gasteiger partial charge in [-0.3, -0.25) is 19.7 Å². The van der Waals surface area contributed by atoms with Crippen LogP contribution in [-0.4, -0.2) is 30.4 Å². The van der Waals surface area contributed by atoms with Crippen LogP contribution in [0.15, 0.2) is 66.2 Å². The minimum absolute atomic E-state index is 0.208. The van der Waals surface area contributed by atoms with Gasteiger partial charge in [0, 0.05) is 21.3 Å². The van der Waals surface area contributed by atoms with Crippen molar-refractivity contribution >= 4 is 64.4 Å². The van der Waals surface area contributed by atoms with Crippen molar-refractivity contribution in [1.29, 1.82) is 0 Å². The summed E-state index contributed by atoms with van der Waals surface area (Å²) < 4.78 is 5.69. The molecule has 0 radical (unpaired) electrons. The highest BCUT2D eigenvalue weighted by Crippen LogP contribution is 2.31. The number of amides is 5. The molecule has 10 heteroatoms. The molecule has 37 heavy (non-hydrogen) atoms. The average Bonchev–Trinajstić information content (AvgIpc) is 2.85. The highest BCUT2D eigenvalue weighted by Gasteiger charge is 2.37. The molecule has 0 unspecified atom stereocenters. The number of nitrogens with one attached hydrogen (secondary N) is 2. The van der Waals surface area contributed by atoms with Gasteiger partial charge >= 0.3 is 6.03 Å². The molecular formula is C27H21Cl2N3O5. The van der Waals surface area contributed by atoms with Gasteiger partial charge < -0.3 is 10.1 Å². The molecule has 4 rings (SSSR count). The maximum absolute atomic E-state index is 13.3. The third kappa shape index (κ3) is 5.66. The molecule has 0 aromatic heterocycles. The van der Waals surface area contributed by atoms with Crippen molar-refractivity contribution in [3.63, 3.8) is 0 Å². The number of carbonyl (C=O) groups is 4. The van der Waals surface area contributed by atoms with Crippen molar-refractivity contribution in [3.05, 3.63) is 93.0 Å². The van der Waals surface area contributed by atoms with E-state index in [0.29, 0.717) is 21.3 Å². The molecule has 1 aliphatic rings. The lowest BCUT2D eigenvalue weighted by Crippen LogP contribution is -2.54. The first kappa shape index (κ1) is 25.9. The molecule has 0 bridgehead atoms. The van der Waals surface area contributed by atoms with Crippen molar-refractivity contribution in [2.45, 2.75) is 13.8 Å². The van der Waals surface area contributed by atoms with E-state index in [9.17, 15) is 19.2 Å². The largest absolute Gasteiger partial charge is 0.483 e. The van der Waals surface area contributed by atoms with Crippen LogP contribution in [0.2, 0.25) is 10.0 Å². The summed E-state index contributed by atoms with van der Waals surface area (Å²) in [5.74, 6) is -1.92. The molecule has 3 aromatic rings. The van der Waals surface area contributed by atoms with E-state index >= 15 is 0 Å². The summed E-state index contributed by atoms with van der Waals surface area (Å²) in [5, 5.41) is 5.60. The number of para-hydroxylation sites is 1. The van der Waals surface area contributed by atoms with Crippen LogP contribution in [0.3, 0.4) is 0 Å². The van der Waals surface area contributed by atoms with Crippen LogP contribution in [0, 0.1) is 13.8 Å². The van der Waals surface area contributed by atoms with E-state index in [4.69, 9.17) is 27.9 Å². The molecule has 1 heterocycles. The first-order valence-electron chi connectivity index (χ1n) is 11.1. The van der Waals surface area contributed by atoms with E-state index < -0.39 is 23.8 Å². The summed E-state index contributed by atoms with van der Waals surface area (Å²) >= 11 is 12.3. The second-order valence-corrected chi connectivity index (χ2v) is 9.02. The fourth-order valence-electron chi connectivity index (χ4n) is 3.68. The number of nitrogens with zero attached hydrogens (tertiary/aromatic N) is 1. The van der Waals surface area contributed by atoms with Crippen LogP contribution in [0.25, 0.3) is 6.08 Å². The Morgan fingerprint density at radius 3 is 2.54 bits per heavy atom. The molecule has 1 aliphatic heterocycles.